The molecule has 0 heterocycles. The molecular formula is C36H38O13. The van der Waals surface area contributed by atoms with E-state index in [1.54, 1.807) is 0 Å². The monoisotopic (exact) mass is 678 g/mol. The van der Waals surface area contributed by atoms with Crippen LogP contribution in [0.5, 0.6) is 0 Å². The van der Waals surface area contributed by atoms with Crippen LogP contribution in [0.1, 0.15) is 101 Å². The first kappa shape index (κ1) is 37.9. The Morgan fingerprint density at radius 2 is 0.571 bits per heavy atom. The zero-order chi connectivity index (χ0) is 35.4. The molecule has 0 bridgehead atoms. The van der Waals surface area contributed by atoms with E-state index in [2.05, 4.69) is 0 Å². The molecule has 0 saturated heterocycles. The van der Waals surface area contributed by atoms with E-state index in [0.717, 1.165) is 0 Å². The second-order valence-corrected chi connectivity index (χ2v) is 10.6. The van der Waals surface area contributed by atoms with Gasteiger partial charge in [-0.15, -0.1) is 0 Å². The van der Waals surface area contributed by atoms with Crippen LogP contribution in [0, 0.1) is 0 Å². The first-order valence-electron chi connectivity index (χ1n) is 15.7. The van der Waals surface area contributed by atoms with Crippen molar-refractivity contribution in [2.24, 2.45) is 0 Å². The molecule has 0 aliphatic carbocycles. The molecule has 13 heteroatoms. The zero-order valence-electron chi connectivity index (χ0n) is 26.8. The highest BCUT2D eigenvalue weighted by atomic mass is 16.5. The summed E-state index contributed by atoms with van der Waals surface area (Å²) in [6, 6.07) is 17.1. The molecule has 0 unspecified atom stereocenters. The number of carbonyl (C=O) groups is 6. The lowest BCUT2D eigenvalue weighted by molar-refractivity contribution is 0.0429. The predicted molar refractivity (Wildman–Crippen MR) is 172 cm³/mol. The van der Waals surface area contributed by atoms with Gasteiger partial charge < -0.3 is 33.9 Å². The highest BCUT2D eigenvalue weighted by Gasteiger charge is 2.14. The predicted octanol–water partition coefficient (Wildman–Crippen LogP) is 4.90. The number of esters is 5. The van der Waals surface area contributed by atoms with Gasteiger partial charge in [-0.25, -0.2) is 28.8 Å². The molecule has 260 valence electrons. The van der Waals surface area contributed by atoms with E-state index in [-0.39, 0.29) is 67.5 Å². The van der Waals surface area contributed by atoms with Crippen molar-refractivity contribution in [3.63, 3.8) is 0 Å². The topological polar surface area (TPSA) is 189 Å². The maximum absolute atomic E-state index is 12.3. The summed E-state index contributed by atoms with van der Waals surface area (Å²) in [4.78, 5) is 71.8. The van der Waals surface area contributed by atoms with Gasteiger partial charge >= 0.3 is 35.8 Å². The van der Waals surface area contributed by atoms with Crippen LogP contribution in [0.3, 0.4) is 0 Å². The van der Waals surface area contributed by atoms with Gasteiger partial charge in [0.05, 0.1) is 66.4 Å². The van der Waals surface area contributed by atoms with Crippen LogP contribution < -0.4 is 0 Å². The molecule has 0 aromatic heterocycles. The standard InChI is InChI=1S/C36H38O13/c37-19-1-2-20-45-33(41)27-11-13-28(14-12-27)34(42)48-23-5-6-24-49-36(44)30-17-15-29(16-18-30)35(43)47-22-4-3-21-46-32(40)26-9-7-25(8-10-26)31(38)39/h7-18,37H,1-6,19-24H2,(H,38,39). The molecular weight excluding hydrogens is 640 g/mol. The largest absolute Gasteiger partial charge is 0.478 e. The van der Waals surface area contributed by atoms with Crippen molar-refractivity contribution in [1.29, 1.82) is 0 Å². The van der Waals surface area contributed by atoms with Gasteiger partial charge in [-0.2, -0.15) is 0 Å². The number of hydrogen-bond donors (Lipinski definition) is 2. The quantitative estimate of drug-likeness (QED) is 0.0933. The lowest BCUT2D eigenvalue weighted by Crippen LogP contribution is -2.11. The van der Waals surface area contributed by atoms with Crippen molar-refractivity contribution in [2.45, 2.75) is 38.5 Å². The summed E-state index contributed by atoms with van der Waals surface area (Å²) in [5, 5.41) is 17.7. The molecule has 13 nitrogen and oxygen atoms in total. The van der Waals surface area contributed by atoms with Crippen LogP contribution in [0.15, 0.2) is 72.8 Å². The summed E-state index contributed by atoms with van der Waals surface area (Å²) < 4.78 is 25.9. The van der Waals surface area contributed by atoms with Crippen molar-refractivity contribution in [1.82, 2.24) is 0 Å². The normalized spacial score (nSPS) is 10.5. The van der Waals surface area contributed by atoms with Crippen LogP contribution in [0.4, 0.5) is 0 Å². The zero-order valence-corrected chi connectivity index (χ0v) is 26.8. The Morgan fingerprint density at radius 3 is 0.776 bits per heavy atom. The number of ether oxygens (including phenoxy) is 5. The third-order valence-corrected chi connectivity index (χ3v) is 6.88. The molecule has 3 rings (SSSR count). The van der Waals surface area contributed by atoms with Crippen molar-refractivity contribution in [3.05, 3.63) is 106 Å². The Morgan fingerprint density at radius 1 is 0.367 bits per heavy atom. The van der Waals surface area contributed by atoms with Gasteiger partial charge in [0.2, 0.25) is 0 Å². The minimum Gasteiger partial charge on any atom is -0.478 e. The van der Waals surface area contributed by atoms with E-state index in [0.29, 0.717) is 44.1 Å². The maximum Gasteiger partial charge on any atom is 0.338 e. The molecule has 0 aliphatic rings. The maximum atomic E-state index is 12.3. The minimum atomic E-state index is -1.09. The Balaban J connectivity index is 1.24. The number of benzene rings is 3. The molecule has 0 aliphatic heterocycles. The Hall–Kier alpha value is -5.56. The van der Waals surface area contributed by atoms with Gasteiger partial charge in [0.1, 0.15) is 0 Å². The van der Waals surface area contributed by atoms with Crippen LogP contribution in [-0.4, -0.2) is 85.7 Å². The van der Waals surface area contributed by atoms with E-state index in [1.165, 1.54) is 72.8 Å². The van der Waals surface area contributed by atoms with Crippen LogP contribution in [-0.2, 0) is 23.7 Å². The number of aliphatic hydroxyl groups excluding tert-OH is 1. The fraction of sp³-hybridized carbons (Fsp3) is 0.333. The summed E-state index contributed by atoms with van der Waals surface area (Å²) in [5.41, 5.74) is 1.37. The molecule has 0 atom stereocenters. The van der Waals surface area contributed by atoms with Gasteiger partial charge in [0.15, 0.2) is 0 Å². The fourth-order valence-electron chi connectivity index (χ4n) is 4.10. The second-order valence-electron chi connectivity index (χ2n) is 10.6. The van der Waals surface area contributed by atoms with Crippen LogP contribution in [0.25, 0.3) is 0 Å². The first-order valence-corrected chi connectivity index (χ1v) is 15.7. The molecule has 0 spiro atoms. The molecule has 0 fully saturated rings. The molecule has 3 aromatic rings. The number of aliphatic hydroxyl groups is 1. The summed E-state index contributed by atoms with van der Waals surface area (Å²) >= 11 is 0. The Kier molecular flexibility index (Phi) is 16.0. The van der Waals surface area contributed by atoms with Crippen LogP contribution >= 0.6 is 0 Å². The van der Waals surface area contributed by atoms with Crippen LogP contribution in [0.2, 0.25) is 0 Å². The third-order valence-electron chi connectivity index (χ3n) is 6.88. The number of hydrogen-bond acceptors (Lipinski definition) is 12. The first-order chi connectivity index (χ1) is 23.7. The molecule has 0 saturated carbocycles. The lowest BCUT2D eigenvalue weighted by atomic mass is 10.1. The summed E-state index contributed by atoms with van der Waals surface area (Å²) in [6.45, 7) is 0.636. The van der Waals surface area contributed by atoms with E-state index >= 15 is 0 Å². The van der Waals surface area contributed by atoms with Gasteiger partial charge in [0, 0.05) is 6.61 Å². The number of aromatic carboxylic acids is 1. The average Bonchev–Trinajstić information content (AvgIpc) is 3.12. The van der Waals surface area contributed by atoms with E-state index in [9.17, 15) is 28.8 Å². The SMILES string of the molecule is O=C(O)c1ccc(C(=O)OCCCCOC(=O)c2ccc(C(=O)OCCCCOC(=O)c3ccc(C(=O)OCCCCO)cc3)cc2)cc1. The number of carbonyl (C=O) groups excluding carboxylic acids is 5. The molecule has 0 amide bonds. The molecule has 49 heavy (non-hydrogen) atoms. The number of carboxylic acid groups (broad SMARTS) is 1. The van der Waals surface area contributed by atoms with Crippen molar-refractivity contribution in [3.8, 4) is 0 Å². The summed E-state index contributed by atoms with van der Waals surface area (Å²) in [7, 11) is 0. The highest BCUT2D eigenvalue weighted by Crippen LogP contribution is 2.11. The highest BCUT2D eigenvalue weighted by molar-refractivity contribution is 5.94. The van der Waals surface area contributed by atoms with E-state index < -0.39 is 35.8 Å². The smallest absolute Gasteiger partial charge is 0.338 e. The van der Waals surface area contributed by atoms with Gasteiger partial charge in [-0.05, 0) is 111 Å². The molecule has 0 radical (unpaired) electrons. The van der Waals surface area contributed by atoms with E-state index in [4.69, 9.17) is 33.9 Å². The number of unbranched alkanes of at least 4 members (excludes halogenated alkanes) is 3. The van der Waals surface area contributed by atoms with E-state index in [1.807, 2.05) is 0 Å². The van der Waals surface area contributed by atoms with Gasteiger partial charge in [-0.3, -0.25) is 0 Å². The fourth-order valence-corrected chi connectivity index (χ4v) is 4.10. The van der Waals surface area contributed by atoms with Crippen molar-refractivity contribution in [2.75, 3.05) is 39.6 Å². The summed E-state index contributed by atoms with van der Waals surface area (Å²) in [6.07, 6.45) is 2.89. The Labute approximate surface area is 282 Å². The third kappa shape index (κ3) is 13.2. The van der Waals surface area contributed by atoms with Gasteiger partial charge in [0.25, 0.3) is 0 Å². The minimum absolute atomic E-state index is 0.0317. The molecule has 2 N–H and O–H groups in total. The number of rotatable bonds is 20. The Bertz CT molecular complexity index is 1550. The lowest BCUT2D eigenvalue weighted by Gasteiger charge is -2.08. The van der Waals surface area contributed by atoms with Gasteiger partial charge in [-0.1, -0.05) is 0 Å². The molecule has 3 aromatic carbocycles. The summed E-state index contributed by atoms with van der Waals surface area (Å²) in [5.74, 6) is -3.89. The number of carboxylic acids is 1. The second kappa shape index (κ2) is 20.6. The average molecular weight is 679 g/mol. The van der Waals surface area contributed by atoms with Crippen molar-refractivity contribution >= 4 is 35.8 Å². The van der Waals surface area contributed by atoms with Crippen molar-refractivity contribution < 1.29 is 62.7 Å².